The van der Waals surface area contributed by atoms with Crippen LogP contribution in [-0.4, -0.2) is 45.3 Å². The monoisotopic (exact) mass is 245 g/mol. The van der Waals surface area contributed by atoms with Crippen molar-refractivity contribution in [3.05, 3.63) is 11.0 Å². The Balaban J connectivity index is 2.19. The minimum absolute atomic E-state index is 0.0487. The fraction of sp³-hybridized carbons (Fsp3) is 0.556. The number of carboxylic acids is 1. The second-order valence-electron chi connectivity index (χ2n) is 3.38. The maximum absolute atomic E-state index is 11.3. The van der Waals surface area contributed by atoms with Crippen molar-refractivity contribution in [2.24, 2.45) is 0 Å². The summed E-state index contributed by atoms with van der Waals surface area (Å²) in [7, 11) is 0. The average Bonchev–Trinajstić information content (AvgIpc) is 2.47. The van der Waals surface area contributed by atoms with E-state index in [2.05, 4.69) is 0 Å². The van der Waals surface area contributed by atoms with Gasteiger partial charge < -0.3 is 10.0 Å². The number of hydrogen-bond donors (Lipinski definition) is 1. The summed E-state index contributed by atoms with van der Waals surface area (Å²) in [5.74, 6) is -0.182. The Morgan fingerprint density at radius 3 is 3.07 bits per heavy atom. The van der Waals surface area contributed by atoms with Gasteiger partial charge in [0.1, 0.15) is 0 Å². The second kappa shape index (κ2) is 4.09. The molecule has 2 rings (SSSR count). The first-order valence-electron chi connectivity index (χ1n) is 4.54. The number of aliphatic carboxylic acids is 1. The van der Waals surface area contributed by atoms with E-state index in [0.29, 0.717) is 6.42 Å². The summed E-state index contributed by atoms with van der Waals surface area (Å²) in [6.45, 7) is 0. The Bertz CT molecular complexity index is 342. The van der Waals surface area contributed by atoms with E-state index in [4.69, 9.17) is 5.11 Å². The molecule has 15 heavy (non-hydrogen) atoms. The first-order chi connectivity index (χ1) is 7.15. The molecule has 4 nitrogen and oxygen atoms in total. The van der Waals surface area contributed by atoms with E-state index in [-0.39, 0.29) is 11.3 Å². The maximum atomic E-state index is 11.3. The van der Waals surface area contributed by atoms with Crippen molar-refractivity contribution in [3.63, 3.8) is 0 Å². The van der Waals surface area contributed by atoms with Crippen molar-refractivity contribution in [2.45, 2.75) is 17.8 Å². The van der Waals surface area contributed by atoms with Crippen LogP contribution in [0.3, 0.4) is 0 Å². The quantitative estimate of drug-likeness (QED) is 0.751. The number of fused-ring (bicyclic) bond motifs is 1. The minimum atomic E-state index is -0.926. The first kappa shape index (κ1) is 10.9. The summed E-state index contributed by atoms with van der Waals surface area (Å²) in [4.78, 5) is 24.6. The number of nitrogens with zero attached hydrogens (tertiary/aromatic N) is 1. The molecule has 0 aromatic carbocycles. The van der Waals surface area contributed by atoms with Crippen LogP contribution in [0.25, 0.3) is 0 Å². The van der Waals surface area contributed by atoms with Crippen LogP contribution in [0.4, 0.5) is 0 Å². The third-order valence-corrected chi connectivity index (χ3v) is 4.28. The van der Waals surface area contributed by atoms with Crippen LogP contribution in [0.15, 0.2) is 11.0 Å². The topological polar surface area (TPSA) is 57.6 Å². The molecular weight excluding hydrogens is 234 g/mol. The molecule has 2 saturated heterocycles. The third-order valence-electron chi connectivity index (χ3n) is 2.45. The fourth-order valence-corrected chi connectivity index (χ4v) is 3.60. The molecule has 2 unspecified atom stereocenters. The van der Waals surface area contributed by atoms with E-state index < -0.39 is 12.0 Å². The molecule has 0 bridgehead atoms. The average molecular weight is 245 g/mol. The molecule has 82 valence electrons. The fourth-order valence-electron chi connectivity index (χ4n) is 1.73. The van der Waals surface area contributed by atoms with Gasteiger partial charge in [-0.15, -0.1) is 11.8 Å². The SMILES string of the molecule is CSCC=C1SC2CC(=O)N2C1C(=O)O. The zero-order valence-electron chi connectivity index (χ0n) is 8.17. The van der Waals surface area contributed by atoms with Crippen LogP contribution >= 0.6 is 23.5 Å². The highest BCUT2D eigenvalue weighted by atomic mass is 32.2. The van der Waals surface area contributed by atoms with Gasteiger partial charge in [-0.2, -0.15) is 11.8 Å². The zero-order chi connectivity index (χ0) is 11.0. The van der Waals surface area contributed by atoms with Crippen molar-refractivity contribution in [2.75, 3.05) is 12.0 Å². The van der Waals surface area contributed by atoms with Gasteiger partial charge in [0.05, 0.1) is 11.8 Å². The Morgan fingerprint density at radius 1 is 1.80 bits per heavy atom. The number of rotatable bonds is 3. The number of β-lactam (4-membered cyclic amide) rings is 1. The molecule has 6 heteroatoms. The van der Waals surface area contributed by atoms with Crippen LogP contribution in [0.1, 0.15) is 6.42 Å². The van der Waals surface area contributed by atoms with Crippen LogP contribution < -0.4 is 0 Å². The van der Waals surface area contributed by atoms with Crippen molar-refractivity contribution in [1.29, 1.82) is 0 Å². The molecule has 2 aliphatic rings. The highest BCUT2D eigenvalue weighted by Gasteiger charge is 2.52. The normalized spacial score (nSPS) is 31.7. The van der Waals surface area contributed by atoms with E-state index >= 15 is 0 Å². The second-order valence-corrected chi connectivity index (χ2v) is 5.54. The summed E-state index contributed by atoms with van der Waals surface area (Å²) >= 11 is 3.15. The van der Waals surface area contributed by atoms with Gasteiger partial charge in [-0.25, -0.2) is 4.79 Å². The molecule has 1 amide bonds. The van der Waals surface area contributed by atoms with Gasteiger partial charge in [-0.05, 0) is 6.26 Å². The van der Waals surface area contributed by atoms with Crippen LogP contribution in [0, 0.1) is 0 Å². The molecule has 0 aromatic heterocycles. The van der Waals surface area contributed by atoms with E-state index in [1.165, 1.54) is 16.7 Å². The lowest BCUT2D eigenvalue weighted by Crippen LogP contribution is -2.53. The number of thioether (sulfide) groups is 2. The van der Waals surface area contributed by atoms with Crippen LogP contribution in [-0.2, 0) is 9.59 Å². The standard InChI is InChI=1S/C9H11NO3S2/c1-14-3-2-5-8(9(12)13)10-6(11)4-7(10)15-5/h2,7-8H,3-4H2,1H3,(H,12,13). The Morgan fingerprint density at radius 2 is 2.53 bits per heavy atom. The van der Waals surface area contributed by atoms with Gasteiger partial charge in [0.25, 0.3) is 0 Å². The van der Waals surface area contributed by atoms with Crippen LogP contribution in [0.2, 0.25) is 0 Å². The highest BCUT2D eigenvalue weighted by Crippen LogP contribution is 2.46. The predicted molar refractivity (Wildman–Crippen MR) is 60.7 cm³/mol. The molecule has 0 spiro atoms. The molecule has 2 aliphatic heterocycles. The lowest BCUT2D eigenvalue weighted by atomic mass is 10.1. The maximum Gasteiger partial charge on any atom is 0.331 e. The van der Waals surface area contributed by atoms with Gasteiger partial charge in [-0.3, -0.25) is 4.79 Å². The van der Waals surface area contributed by atoms with Crippen LogP contribution in [0.5, 0.6) is 0 Å². The van der Waals surface area contributed by atoms with Crippen molar-refractivity contribution >= 4 is 35.4 Å². The molecule has 1 N–H and O–H groups in total. The van der Waals surface area contributed by atoms with E-state index in [0.717, 1.165) is 10.7 Å². The smallest absolute Gasteiger partial charge is 0.331 e. The van der Waals surface area contributed by atoms with Gasteiger partial charge >= 0.3 is 5.97 Å². The molecule has 0 saturated carbocycles. The Hall–Kier alpha value is -0.620. The summed E-state index contributed by atoms with van der Waals surface area (Å²) < 4.78 is 0. The zero-order valence-corrected chi connectivity index (χ0v) is 9.81. The number of carbonyl (C=O) groups is 2. The minimum Gasteiger partial charge on any atom is -0.479 e. The summed E-state index contributed by atoms with van der Waals surface area (Å²) in [5.41, 5.74) is 0. The third kappa shape index (κ3) is 1.76. The number of hydrogen-bond acceptors (Lipinski definition) is 4. The molecule has 0 aromatic rings. The van der Waals surface area contributed by atoms with Gasteiger partial charge in [0.15, 0.2) is 6.04 Å². The predicted octanol–water partition coefficient (Wildman–Crippen LogP) is 0.992. The van der Waals surface area contributed by atoms with Gasteiger partial charge in [0, 0.05) is 10.7 Å². The number of carboxylic acid groups (broad SMARTS) is 1. The van der Waals surface area contributed by atoms with E-state index in [1.54, 1.807) is 11.8 Å². The van der Waals surface area contributed by atoms with E-state index in [1.807, 2.05) is 12.3 Å². The van der Waals surface area contributed by atoms with Gasteiger partial charge in [0.2, 0.25) is 5.91 Å². The summed E-state index contributed by atoms with van der Waals surface area (Å²) in [5, 5.41) is 9.13. The lowest BCUT2D eigenvalue weighted by Gasteiger charge is -2.35. The Labute approximate surface area is 96.1 Å². The largest absolute Gasteiger partial charge is 0.479 e. The first-order valence-corrected chi connectivity index (χ1v) is 6.82. The summed E-state index contributed by atoms with van der Waals surface area (Å²) in [6.07, 6.45) is 4.36. The summed E-state index contributed by atoms with van der Waals surface area (Å²) in [6, 6.07) is -0.728. The van der Waals surface area contributed by atoms with Gasteiger partial charge in [-0.1, -0.05) is 6.08 Å². The van der Waals surface area contributed by atoms with Crippen molar-refractivity contribution in [3.8, 4) is 0 Å². The van der Waals surface area contributed by atoms with Crippen molar-refractivity contribution < 1.29 is 14.7 Å². The van der Waals surface area contributed by atoms with Crippen molar-refractivity contribution in [1.82, 2.24) is 4.90 Å². The highest BCUT2D eigenvalue weighted by molar-refractivity contribution is 8.04. The lowest BCUT2D eigenvalue weighted by molar-refractivity contribution is -0.154. The Kier molecular flexibility index (Phi) is 2.97. The molecule has 2 heterocycles. The molecule has 0 radical (unpaired) electrons. The molecule has 2 fully saturated rings. The molecule has 0 aliphatic carbocycles. The molecular formula is C9H11NO3S2. The number of carbonyl (C=O) groups excluding carboxylic acids is 1. The molecule has 2 atom stereocenters. The number of amides is 1. The van der Waals surface area contributed by atoms with E-state index in [9.17, 15) is 9.59 Å².